The third-order valence-electron chi connectivity index (χ3n) is 3.03. The second-order valence-electron chi connectivity index (χ2n) is 4.65. The Kier molecular flexibility index (Phi) is 5.76. The Morgan fingerprint density at radius 2 is 2.29 bits per heavy atom. The topological polar surface area (TPSA) is 51.2 Å². The number of thiophene rings is 1. The van der Waals surface area contributed by atoms with Crippen LogP contribution in [0.15, 0.2) is 17.5 Å². The number of nitrogens with one attached hydrogen (secondary N) is 1. The van der Waals surface area contributed by atoms with Crippen molar-refractivity contribution in [3.8, 4) is 0 Å². The van der Waals surface area contributed by atoms with Crippen molar-refractivity contribution in [1.82, 2.24) is 4.98 Å². The zero-order valence-corrected chi connectivity index (χ0v) is 14.1. The van der Waals surface area contributed by atoms with Crippen molar-refractivity contribution < 1.29 is 9.53 Å². The van der Waals surface area contributed by atoms with Gasteiger partial charge < -0.3 is 10.1 Å². The van der Waals surface area contributed by atoms with E-state index < -0.39 is 0 Å². The standard InChI is InChI=1S/C15H20N2O2S2/c1-4-7-11(12-8-6-9-20-12)16-15-17-13(10(3)21-15)14(18)19-5-2/h6,8-9,11H,4-5,7H2,1-3H3,(H,16,17). The van der Waals surface area contributed by atoms with E-state index in [0.29, 0.717) is 12.3 Å². The molecule has 2 heterocycles. The molecule has 6 heteroatoms. The van der Waals surface area contributed by atoms with E-state index in [1.165, 1.54) is 16.2 Å². The summed E-state index contributed by atoms with van der Waals surface area (Å²) in [5.74, 6) is -0.345. The highest BCUT2D eigenvalue weighted by Crippen LogP contribution is 2.30. The van der Waals surface area contributed by atoms with Crippen LogP contribution in [0.1, 0.15) is 53.0 Å². The van der Waals surface area contributed by atoms with Crippen molar-refractivity contribution in [2.45, 2.75) is 39.7 Å². The summed E-state index contributed by atoms with van der Waals surface area (Å²) in [4.78, 5) is 18.4. The van der Waals surface area contributed by atoms with E-state index in [9.17, 15) is 4.79 Å². The summed E-state index contributed by atoms with van der Waals surface area (Å²) in [6.07, 6.45) is 2.12. The van der Waals surface area contributed by atoms with Crippen LogP contribution >= 0.6 is 22.7 Å². The van der Waals surface area contributed by atoms with Gasteiger partial charge in [-0.25, -0.2) is 9.78 Å². The van der Waals surface area contributed by atoms with Gasteiger partial charge in [-0.3, -0.25) is 0 Å². The fourth-order valence-corrected chi connectivity index (χ4v) is 3.73. The van der Waals surface area contributed by atoms with Gasteiger partial charge >= 0.3 is 5.97 Å². The molecular weight excluding hydrogens is 304 g/mol. The molecule has 4 nitrogen and oxygen atoms in total. The number of nitrogens with zero attached hydrogens (tertiary/aromatic N) is 1. The maximum atomic E-state index is 11.8. The molecule has 1 atom stereocenters. The molecule has 2 aromatic rings. The van der Waals surface area contributed by atoms with Gasteiger partial charge in [0.05, 0.1) is 12.6 Å². The van der Waals surface area contributed by atoms with Crippen molar-refractivity contribution in [3.05, 3.63) is 33.0 Å². The van der Waals surface area contributed by atoms with Gasteiger partial charge in [-0.15, -0.1) is 22.7 Å². The molecule has 1 N–H and O–H groups in total. The van der Waals surface area contributed by atoms with Crippen molar-refractivity contribution in [3.63, 3.8) is 0 Å². The second-order valence-corrected chi connectivity index (χ2v) is 6.83. The SMILES string of the molecule is CCCC(Nc1nc(C(=O)OCC)c(C)s1)c1cccs1. The monoisotopic (exact) mass is 324 g/mol. The molecule has 21 heavy (non-hydrogen) atoms. The summed E-state index contributed by atoms with van der Waals surface area (Å²) >= 11 is 3.24. The number of anilines is 1. The molecule has 0 saturated carbocycles. The molecule has 1 unspecified atom stereocenters. The van der Waals surface area contributed by atoms with Gasteiger partial charge in [0.2, 0.25) is 0 Å². The lowest BCUT2D eigenvalue weighted by Crippen LogP contribution is -2.10. The second kappa shape index (κ2) is 7.56. The molecule has 0 saturated heterocycles. The molecule has 2 aromatic heterocycles. The van der Waals surface area contributed by atoms with Crippen LogP contribution in [0.2, 0.25) is 0 Å². The maximum absolute atomic E-state index is 11.8. The Bertz CT molecular complexity index is 579. The van der Waals surface area contributed by atoms with E-state index in [1.54, 1.807) is 18.3 Å². The van der Waals surface area contributed by atoms with E-state index in [4.69, 9.17) is 4.74 Å². The first kappa shape index (κ1) is 16.0. The molecule has 0 spiro atoms. The highest BCUT2D eigenvalue weighted by atomic mass is 32.1. The number of aromatic nitrogens is 1. The van der Waals surface area contributed by atoms with Crippen LogP contribution in [0.25, 0.3) is 0 Å². The Morgan fingerprint density at radius 1 is 1.48 bits per heavy atom. The first-order chi connectivity index (χ1) is 10.2. The Balaban J connectivity index is 2.14. The normalized spacial score (nSPS) is 12.1. The number of ether oxygens (including phenoxy) is 1. The Labute approximate surface area is 133 Å². The lowest BCUT2D eigenvalue weighted by molar-refractivity contribution is 0.0519. The van der Waals surface area contributed by atoms with E-state index in [2.05, 4.69) is 34.7 Å². The highest BCUT2D eigenvalue weighted by molar-refractivity contribution is 7.15. The third-order valence-corrected chi connectivity index (χ3v) is 4.92. The van der Waals surface area contributed by atoms with Crippen LogP contribution in [0.5, 0.6) is 0 Å². The molecule has 0 aliphatic carbocycles. The fourth-order valence-electron chi connectivity index (χ4n) is 2.06. The molecule has 114 valence electrons. The summed E-state index contributed by atoms with van der Waals surface area (Å²) < 4.78 is 5.03. The smallest absolute Gasteiger partial charge is 0.358 e. The molecule has 0 bridgehead atoms. The summed E-state index contributed by atoms with van der Waals surface area (Å²) in [5.41, 5.74) is 0.422. The molecule has 2 rings (SSSR count). The number of hydrogen-bond acceptors (Lipinski definition) is 6. The van der Waals surface area contributed by atoms with Gasteiger partial charge in [0.1, 0.15) is 0 Å². The Hall–Kier alpha value is -1.40. The number of hydrogen-bond donors (Lipinski definition) is 1. The first-order valence-electron chi connectivity index (χ1n) is 7.10. The third kappa shape index (κ3) is 4.04. The highest BCUT2D eigenvalue weighted by Gasteiger charge is 2.19. The number of rotatable bonds is 7. The van der Waals surface area contributed by atoms with E-state index in [-0.39, 0.29) is 12.0 Å². The predicted octanol–water partition coefficient (Wildman–Crippen LogP) is 4.64. The average molecular weight is 324 g/mol. The summed E-state index contributed by atoms with van der Waals surface area (Å²) in [6.45, 7) is 6.23. The maximum Gasteiger partial charge on any atom is 0.358 e. The number of carbonyl (C=O) groups is 1. The van der Waals surface area contributed by atoms with Crippen LogP contribution in [-0.2, 0) is 4.74 Å². The largest absolute Gasteiger partial charge is 0.461 e. The average Bonchev–Trinajstić information content (AvgIpc) is 3.08. The zero-order chi connectivity index (χ0) is 15.2. The van der Waals surface area contributed by atoms with Crippen LogP contribution < -0.4 is 5.32 Å². The quantitative estimate of drug-likeness (QED) is 0.754. The summed E-state index contributed by atoms with van der Waals surface area (Å²) in [7, 11) is 0. The minimum Gasteiger partial charge on any atom is -0.461 e. The number of carbonyl (C=O) groups excluding carboxylic acids is 1. The van der Waals surface area contributed by atoms with Crippen LogP contribution in [0, 0.1) is 6.92 Å². The molecular formula is C15H20N2O2S2. The number of thiazole rings is 1. The molecule has 0 radical (unpaired) electrons. The van der Waals surface area contributed by atoms with E-state index in [1.807, 2.05) is 6.92 Å². The summed E-state index contributed by atoms with van der Waals surface area (Å²) in [5, 5.41) is 6.31. The van der Waals surface area contributed by atoms with Crippen molar-refractivity contribution >= 4 is 33.8 Å². The van der Waals surface area contributed by atoms with Crippen LogP contribution in [-0.4, -0.2) is 17.6 Å². The van der Waals surface area contributed by atoms with E-state index in [0.717, 1.165) is 22.9 Å². The van der Waals surface area contributed by atoms with Crippen molar-refractivity contribution in [2.24, 2.45) is 0 Å². The minimum atomic E-state index is -0.345. The molecule has 0 aliphatic heterocycles. The predicted molar refractivity (Wildman–Crippen MR) is 88.4 cm³/mol. The summed E-state index contributed by atoms with van der Waals surface area (Å²) in [6, 6.07) is 4.43. The molecule has 0 aromatic carbocycles. The molecule has 0 amide bonds. The van der Waals surface area contributed by atoms with Gasteiger partial charge in [-0.05, 0) is 31.7 Å². The van der Waals surface area contributed by atoms with Gasteiger partial charge in [0.15, 0.2) is 10.8 Å². The minimum absolute atomic E-state index is 0.246. The number of aryl methyl sites for hydroxylation is 1. The molecule has 0 aliphatic rings. The van der Waals surface area contributed by atoms with Crippen molar-refractivity contribution in [2.75, 3.05) is 11.9 Å². The van der Waals surface area contributed by atoms with Gasteiger partial charge in [0.25, 0.3) is 0 Å². The van der Waals surface area contributed by atoms with Crippen LogP contribution in [0.4, 0.5) is 5.13 Å². The van der Waals surface area contributed by atoms with Gasteiger partial charge in [0, 0.05) is 9.75 Å². The van der Waals surface area contributed by atoms with Gasteiger partial charge in [-0.2, -0.15) is 0 Å². The lowest BCUT2D eigenvalue weighted by Gasteiger charge is -2.15. The van der Waals surface area contributed by atoms with E-state index >= 15 is 0 Å². The first-order valence-corrected chi connectivity index (χ1v) is 8.79. The molecule has 0 fully saturated rings. The van der Waals surface area contributed by atoms with Crippen LogP contribution in [0.3, 0.4) is 0 Å². The lowest BCUT2D eigenvalue weighted by atomic mass is 10.1. The van der Waals surface area contributed by atoms with Gasteiger partial charge in [-0.1, -0.05) is 19.4 Å². The van der Waals surface area contributed by atoms with Crippen molar-refractivity contribution in [1.29, 1.82) is 0 Å². The number of esters is 1. The fraction of sp³-hybridized carbons (Fsp3) is 0.467. The Morgan fingerprint density at radius 3 is 2.90 bits per heavy atom. The zero-order valence-electron chi connectivity index (χ0n) is 12.5.